The van der Waals surface area contributed by atoms with Gasteiger partial charge in [0, 0.05) is 4.47 Å². The number of aryl methyl sites for hydroxylation is 1. The molecule has 0 amide bonds. The molecule has 7 heteroatoms. The monoisotopic (exact) mass is 365 g/mol. The van der Waals surface area contributed by atoms with E-state index in [2.05, 4.69) is 41.8 Å². The van der Waals surface area contributed by atoms with E-state index in [0.29, 0.717) is 5.82 Å². The molecule has 0 atom stereocenters. The van der Waals surface area contributed by atoms with Crippen molar-refractivity contribution in [2.75, 3.05) is 5.73 Å². The number of rotatable bonds is 1. The maximum Gasteiger partial charge on any atom is 0.186 e. The van der Waals surface area contributed by atoms with Gasteiger partial charge in [-0.05, 0) is 44.8 Å². The average molecular weight is 367 g/mol. The van der Waals surface area contributed by atoms with E-state index in [0.717, 1.165) is 13.1 Å². The van der Waals surface area contributed by atoms with Gasteiger partial charge in [0.2, 0.25) is 0 Å². The van der Waals surface area contributed by atoms with Crippen molar-refractivity contribution in [3.05, 3.63) is 25.8 Å². The van der Waals surface area contributed by atoms with Crippen LogP contribution in [0.15, 0.2) is 14.3 Å². The van der Waals surface area contributed by atoms with Gasteiger partial charge in [0.05, 0.1) is 14.4 Å². The van der Waals surface area contributed by atoms with Crippen LogP contribution in [0, 0.1) is 12.7 Å². The topological polar surface area (TPSA) is 51.8 Å². The summed E-state index contributed by atoms with van der Waals surface area (Å²) in [6.07, 6.45) is 0. The normalized spacial score (nSPS) is 10.8. The van der Waals surface area contributed by atoms with Gasteiger partial charge in [-0.3, -0.25) is 0 Å². The Morgan fingerprint density at radius 1 is 1.38 bits per heavy atom. The van der Waals surface area contributed by atoms with Crippen molar-refractivity contribution < 1.29 is 4.39 Å². The first-order valence-corrected chi connectivity index (χ1v) is 6.64. The number of nitrogen functional groups attached to an aromatic ring is 1. The lowest BCUT2D eigenvalue weighted by atomic mass is 10.3. The predicted octanol–water partition coefficient (Wildman–Crippen LogP) is 3.76. The number of thiophene rings is 1. The minimum absolute atomic E-state index is 0.122. The summed E-state index contributed by atoms with van der Waals surface area (Å²) >= 11 is 8.20. The van der Waals surface area contributed by atoms with Gasteiger partial charge >= 0.3 is 0 Å². The van der Waals surface area contributed by atoms with E-state index >= 15 is 0 Å². The molecule has 0 spiro atoms. The van der Waals surface area contributed by atoms with Crippen molar-refractivity contribution in [1.29, 1.82) is 0 Å². The largest absolute Gasteiger partial charge is 0.381 e. The van der Waals surface area contributed by atoms with Crippen LogP contribution in [0.4, 0.5) is 10.2 Å². The molecule has 0 aliphatic heterocycles. The summed E-state index contributed by atoms with van der Waals surface area (Å²) in [6, 6.07) is 1.86. The minimum atomic E-state index is -0.557. The molecule has 0 saturated heterocycles. The lowest BCUT2D eigenvalue weighted by molar-refractivity contribution is 0.608. The number of nitrogens with zero attached hydrogens (tertiary/aromatic N) is 2. The van der Waals surface area contributed by atoms with Crippen LogP contribution < -0.4 is 5.73 Å². The Kier molecular flexibility index (Phi) is 3.27. The number of anilines is 1. The maximum absolute atomic E-state index is 13.2. The smallest absolute Gasteiger partial charge is 0.186 e. The number of hydrogen-bond donors (Lipinski definition) is 1. The van der Waals surface area contributed by atoms with Crippen LogP contribution in [0.25, 0.3) is 10.7 Å². The fourth-order valence-corrected chi connectivity index (χ4v) is 3.12. The minimum Gasteiger partial charge on any atom is -0.381 e. The molecule has 0 unspecified atom stereocenters. The molecule has 16 heavy (non-hydrogen) atoms. The second-order valence-electron chi connectivity index (χ2n) is 3.06. The maximum atomic E-state index is 13.2. The number of halogens is 3. The molecular weight excluding hydrogens is 361 g/mol. The van der Waals surface area contributed by atoms with Gasteiger partial charge in [0.25, 0.3) is 0 Å². The van der Waals surface area contributed by atoms with Crippen LogP contribution in [0.3, 0.4) is 0 Å². The van der Waals surface area contributed by atoms with E-state index in [4.69, 9.17) is 5.73 Å². The highest BCUT2D eigenvalue weighted by atomic mass is 79.9. The Bertz CT molecular complexity index is 513. The van der Waals surface area contributed by atoms with Gasteiger partial charge in [0.15, 0.2) is 17.5 Å². The van der Waals surface area contributed by atoms with E-state index in [1.54, 1.807) is 6.92 Å². The van der Waals surface area contributed by atoms with Crippen molar-refractivity contribution in [1.82, 2.24) is 9.97 Å². The molecule has 2 N–H and O–H groups in total. The second kappa shape index (κ2) is 4.38. The SMILES string of the molecule is Cc1nc(-c2cc(Br)c(Br)s2)nc(N)c1F. The molecule has 0 aliphatic carbocycles. The molecule has 2 aromatic heterocycles. The molecule has 0 radical (unpaired) electrons. The van der Waals surface area contributed by atoms with Crippen molar-refractivity contribution >= 4 is 49.0 Å². The van der Waals surface area contributed by atoms with Crippen LogP contribution in [-0.2, 0) is 0 Å². The first kappa shape index (κ1) is 11.9. The average Bonchev–Trinajstić information content (AvgIpc) is 2.55. The van der Waals surface area contributed by atoms with Crippen LogP contribution in [0.5, 0.6) is 0 Å². The zero-order valence-electron chi connectivity index (χ0n) is 8.09. The zero-order chi connectivity index (χ0) is 11.9. The van der Waals surface area contributed by atoms with Crippen LogP contribution >= 0.6 is 43.2 Å². The highest BCUT2D eigenvalue weighted by molar-refractivity contribution is 9.13. The fourth-order valence-electron chi connectivity index (χ4n) is 1.15. The molecule has 3 nitrogen and oxygen atoms in total. The summed E-state index contributed by atoms with van der Waals surface area (Å²) in [5.74, 6) is -0.241. The quantitative estimate of drug-likeness (QED) is 0.835. The van der Waals surface area contributed by atoms with Crippen LogP contribution in [0.1, 0.15) is 5.69 Å². The number of aromatic nitrogens is 2. The lowest BCUT2D eigenvalue weighted by Gasteiger charge is -2.02. The third kappa shape index (κ3) is 2.11. The van der Waals surface area contributed by atoms with Crippen LogP contribution in [-0.4, -0.2) is 9.97 Å². The van der Waals surface area contributed by atoms with E-state index in [1.165, 1.54) is 11.3 Å². The van der Waals surface area contributed by atoms with E-state index in [-0.39, 0.29) is 11.5 Å². The van der Waals surface area contributed by atoms with Crippen molar-refractivity contribution in [2.24, 2.45) is 0 Å². The van der Waals surface area contributed by atoms with Gasteiger partial charge in [-0.15, -0.1) is 11.3 Å². The van der Waals surface area contributed by atoms with Crippen molar-refractivity contribution in [3.8, 4) is 10.7 Å². The first-order chi connectivity index (χ1) is 7.49. The summed E-state index contributed by atoms with van der Waals surface area (Å²) in [6.45, 7) is 1.56. The molecular formula is C9H6Br2FN3S. The Balaban J connectivity index is 2.56. The van der Waals surface area contributed by atoms with Crippen LogP contribution in [0.2, 0.25) is 0 Å². The van der Waals surface area contributed by atoms with Crippen molar-refractivity contribution in [3.63, 3.8) is 0 Å². The van der Waals surface area contributed by atoms with E-state index in [9.17, 15) is 4.39 Å². The molecule has 0 bridgehead atoms. The Morgan fingerprint density at radius 2 is 2.06 bits per heavy atom. The second-order valence-corrected chi connectivity index (χ2v) is 6.29. The molecule has 2 rings (SSSR count). The number of hydrogen-bond acceptors (Lipinski definition) is 4. The molecule has 2 aromatic rings. The molecule has 0 aliphatic rings. The molecule has 0 fully saturated rings. The number of nitrogens with two attached hydrogens (primary N) is 1. The third-order valence-corrected chi connectivity index (χ3v) is 5.16. The van der Waals surface area contributed by atoms with Crippen molar-refractivity contribution in [2.45, 2.75) is 6.92 Å². The summed E-state index contributed by atoms with van der Waals surface area (Å²) in [7, 11) is 0. The predicted molar refractivity (Wildman–Crippen MR) is 69.9 cm³/mol. The summed E-state index contributed by atoms with van der Waals surface area (Å²) in [5, 5.41) is 0. The highest BCUT2D eigenvalue weighted by Gasteiger charge is 2.13. The van der Waals surface area contributed by atoms with Gasteiger partial charge in [-0.25, -0.2) is 14.4 Å². The molecule has 0 saturated carbocycles. The summed E-state index contributed by atoms with van der Waals surface area (Å²) in [5.41, 5.74) is 5.71. The van der Waals surface area contributed by atoms with E-state index in [1.807, 2.05) is 6.07 Å². The Morgan fingerprint density at radius 3 is 2.56 bits per heavy atom. The standard InChI is InChI=1S/C9H6Br2FN3S/c1-3-6(12)8(13)15-9(14-3)5-2-4(10)7(11)16-5/h2H,1H3,(H2,13,14,15). The lowest BCUT2D eigenvalue weighted by Crippen LogP contribution is -2.02. The molecule has 2 heterocycles. The Labute approximate surface area is 112 Å². The zero-order valence-corrected chi connectivity index (χ0v) is 12.1. The van der Waals surface area contributed by atoms with E-state index < -0.39 is 5.82 Å². The van der Waals surface area contributed by atoms with Gasteiger partial charge in [0.1, 0.15) is 0 Å². The fraction of sp³-hybridized carbons (Fsp3) is 0.111. The molecule has 84 valence electrons. The summed E-state index contributed by atoms with van der Waals surface area (Å²) < 4.78 is 15.1. The van der Waals surface area contributed by atoms with Gasteiger partial charge in [-0.2, -0.15) is 0 Å². The summed E-state index contributed by atoms with van der Waals surface area (Å²) in [4.78, 5) is 8.81. The van der Waals surface area contributed by atoms with Gasteiger partial charge < -0.3 is 5.73 Å². The van der Waals surface area contributed by atoms with Gasteiger partial charge in [-0.1, -0.05) is 0 Å². The first-order valence-electron chi connectivity index (χ1n) is 4.24. The Hall–Kier alpha value is -0.530. The third-order valence-electron chi connectivity index (χ3n) is 1.91. The molecule has 0 aromatic carbocycles. The highest BCUT2D eigenvalue weighted by Crippen LogP contribution is 2.37.